The van der Waals surface area contributed by atoms with Crippen molar-refractivity contribution in [3.05, 3.63) is 29.9 Å². The molecule has 2 aromatic heterocycles. The van der Waals surface area contributed by atoms with E-state index in [0.29, 0.717) is 0 Å². The highest BCUT2D eigenvalue weighted by molar-refractivity contribution is 8.00. The lowest BCUT2D eigenvalue weighted by atomic mass is 10.4. The van der Waals surface area contributed by atoms with Gasteiger partial charge in [-0.2, -0.15) is 0 Å². The van der Waals surface area contributed by atoms with Crippen LogP contribution in [-0.2, 0) is 12.2 Å². The molecule has 2 aromatic rings. The van der Waals surface area contributed by atoms with Gasteiger partial charge in [0.15, 0.2) is 4.34 Å². The number of hydrogen-bond acceptors (Lipinski definition) is 5. The fourth-order valence-corrected chi connectivity index (χ4v) is 2.82. The molecule has 5 heteroatoms. The van der Waals surface area contributed by atoms with Gasteiger partial charge >= 0.3 is 0 Å². The van der Waals surface area contributed by atoms with Crippen molar-refractivity contribution in [2.24, 2.45) is 0 Å². The monoisotopic (exact) mass is 240 g/mol. The maximum absolute atomic E-state index is 5.59. The third kappa shape index (κ3) is 2.76. The van der Waals surface area contributed by atoms with Crippen molar-refractivity contribution < 1.29 is 4.42 Å². The van der Waals surface area contributed by atoms with E-state index in [1.54, 1.807) is 18.0 Å². The molecule has 2 N–H and O–H groups in total. The molecule has 0 saturated heterocycles. The van der Waals surface area contributed by atoms with Crippen LogP contribution in [0.4, 0.5) is 5.00 Å². The lowest BCUT2D eigenvalue weighted by Gasteiger charge is -1.93. The van der Waals surface area contributed by atoms with Gasteiger partial charge in [-0.15, -0.1) is 0 Å². The van der Waals surface area contributed by atoms with E-state index >= 15 is 0 Å². The molecular weight excluding hydrogens is 228 g/mol. The molecule has 0 aliphatic carbocycles. The molecule has 80 valence electrons. The number of thiazole rings is 1. The summed E-state index contributed by atoms with van der Waals surface area (Å²) in [6.07, 6.45) is 2.63. The average molecular weight is 240 g/mol. The lowest BCUT2D eigenvalue weighted by molar-refractivity contribution is 0.485. The second kappa shape index (κ2) is 4.72. The Morgan fingerprint density at radius 1 is 1.47 bits per heavy atom. The summed E-state index contributed by atoms with van der Waals surface area (Å²) in [6, 6.07) is 4.04. The first-order chi connectivity index (χ1) is 7.28. The standard InChI is InChI=1S/C10H12N2OS2/c1-2-7-3-4-8(13-7)6-14-10-12-5-9(11)15-10/h3-5H,2,6,11H2,1H3. The Hall–Kier alpha value is -0.940. The molecule has 3 nitrogen and oxygen atoms in total. The van der Waals surface area contributed by atoms with Gasteiger partial charge < -0.3 is 10.2 Å². The van der Waals surface area contributed by atoms with Crippen LogP contribution in [0.5, 0.6) is 0 Å². The molecule has 0 radical (unpaired) electrons. The molecule has 0 saturated carbocycles. The van der Waals surface area contributed by atoms with Crippen LogP contribution in [0, 0.1) is 0 Å². The predicted octanol–water partition coefficient (Wildman–Crippen LogP) is 3.17. The highest BCUT2D eigenvalue weighted by Gasteiger charge is 2.04. The number of anilines is 1. The first-order valence-corrected chi connectivity index (χ1v) is 6.50. The number of nitrogens with two attached hydrogens (primary N) is 1. The number of aryl methyl sites for hydroxylation is 1. The van der Waals surface area contributed by atoms with Crippen LogP contribution in [0.15, 0.2) is 27.1 Å². The quantitative estimate of drug-likeness (QED) is 0.834. The van der Waals surface area contributed by atoms with E-state index in [2.05, 4.69) is 11.9 Å². The maximum Gasteiger partial charge on any atom is 0.152 e. The van der Waals surface area contributed by atoms with Gasteiger partial charge in [-0.3, -0.25) is 0 Å². The van der Waals surface area contributed by atoms with E-state index in [-0.39, 0.29) is 0 Å². The number of thioether (sulfide) groups is 1. The number of rotatable bonds is 4. The van der Waals surface area contributed by atoms with Crippen molar-refractivity contribution in [1.29, 1.82) is 0 Å². The van der Waals surface area contributed by atoms with Gasteiger partial charge in [-0.1, -0.05) is 30.0 Å². The number of aromatic nitrogens is 1. The van der Waals surface area contributed by atoms with Gasteiger partial charge in [0.1, 0.15) is 16.5 Å². The first-order valence-electron chi connectivity index (χ1n) is 4.69. The molecule has 0 bridgehead atoms. The zero-order chi connectivity index (χ0) is 10.7. The highest BCUT2D eigenvalue weighted by atomic mass is 32.2. The predicted molar refractivity (Wildman–Crippen MR) is 64.2 cm³/mol. The fourth-order valence-electron chi connectivity index (χ4n) is 1.16. The Morgan fingerprint density at radius 2 is 2.27 bits per heavy atom. The van der Waals surface area contributed by atoms with Gasteiger partial charge in [-0.05, 0) is 12.1 Å². The minimum absolute atomic E-state index is 0.756. The smallest absolute Gasteiger partial charge is 0.152 e. The molecule has 15 heavy (non-hydrogen) atoms. The highest BCUT2D eigenvalue weighted by Crippen LogP contribution is 2.28. The average Bonchev–Trinajstić information content (AvgIpc) is 2.83. The first kappa shape index (κ1) is 10.6. The van der Waals surface area contributed by atoms with E-state index in [0.717, 1.165) is 33.0 Å². The molecule has 2 heterocycles. The van der Waals surface area contributed by atoms with Crippen molar-refractivity contribution in [2.45, 2.75) is 23.4 Å². The zero-order valence-electron chi connectivity index (χ0n) is 8.40. The minimum Gasteiger partial charge on any atom is -0.465 e. The lowest BCUT2D eigenvalue weighted by Crippen LogP contribution is -1.75. The van der Waals surface area contributed by atoms with Gasteiger partial charge in [0.2, 0.25) is 0 Å². The summed E-state index contributed by atoms with van der Waals surface area (Å²) in [7, 11) is 0. The summed E-state index contributed by atoms with van der Waals surface area (Å²) in [5, 5.41) is 0.756. The van der Waals surface area contributed by atoms with Crippen LogP contribution in [0.2, 0.25) is 0 Å². The second-order valence-electron chi connectivity index (χ2n) is 3.04. The second-order valence-corrected chi connectivity index (χ2v) is 5.32. The number of hydrogen-bond donors (Lipinski definition) is 1. The summed E-state index contributed by atoms with van der Waals surface area (Å²) < 4.78 is 6.57. The molecule has 0 atom stereocenters. The van der Waals surface area contributed by atoms with Crippen molar-refractivity contribution in [3.63, 3.8) is 0 Å². The molecule has 0 aliphatic rings. The Morgan fingerprint density at radius 3 is 2.87 bits per heavy atom. The molecule has 0 amide bonds. The number of nitrogens with zero attached hydrogens (tertiary/aromatic N) is 1. The molecule has 0 spiro atoms. The van der Waals surface area contributed by atoms with Crippen molar-refractivity contribution in [1.82, 2.24) is 4.98 Å². The summed E-state index contributed by atoms with van der Waals surface area (Å²) >= 11 is 3.16. The van der Waals surface area contributed by atoms with Crippen LogP contribution < -0.4 is 5.73 Å². The summed E-state index contributed by atoms with van der Waals surface area (Å²) in [6.45, 7) is 2.08. The summed E-state index contributed by atoms with van der Waals surface area (Å²) in [5.41, 5.74) is 5.59. The Kier molecular flexibility index (Phi) is 3.33. The Balaban J connectivity index is 1.93. The normalized spacial score (nSPS) is 10.7. The molecule has 2 rings (SSSR count). The van der Waals surface area contributed by atoms with Gasteiger partial charge in [-0.25, -0.2) is 4.98 Å². The van der Waals surface area contributed by atoms with E-state index in [1.165, 1.54) is 11.3 Å². The van der Waals surface area contributed by atoms with Crippen LogP contribution in [0.25, 0.3) is 0 Å². The fraction of sp³-hybridized carbons (Fsp3) is 0.300. The zero-order valence-corrected chi connectivity index (χ0v) is 10.0. The van der Waals surface area contributed by atoms with Crippen LogP contribution in [-0.4, -0.2) is 4.98 Å². The van der Waals surface area contributed by atoms with Gasteiger partial charge in [0.25, 0.3) is 0 Å². The Bertz CT molecular complexity index is 436. The van der Waals surface area contributed by atoms with E-state index in [4.69, 9.17) is 10.2 Å². The van der Waals surface area contributed by atoms with Crippen LogP contribution >= 0.6 is 23.1 Å². The van der Waals surface area contributed by atoms with Crippen molar-refractivity contribution in [2.75, 3.05) is 5.73 Å². The van der Waals surface area contributed by atoms with Crippen molar-refractivity contribution >= 4 is 28.1 Å². The largest absolute Gasteiger partial charge is 0.465 e. The number of nitrogen functional groups attached to an aromatic ring is 1. The summed E-state index contributed by atoms with van der Waals surface area (Å²) in [5.74, 6) is 2.84. The number of furan rings is 1. The van der Waals surface area contributed by atoms with E-state index < -0.39 is 0 Å². The maximum atomic E-state index is 5.59. The molecule has 0 aromatic carbocycles. The van der Waals surface area contributed by atoms with E-state index in [1.807, 2.05) is 12.1 Å². The molecule has 0 fully saturated rings. The van der Waals surface area contributed by atoms with Crippen LogP contribution in [0.3, 0.4) is 0 Å². The SMILES string of the molecule is CCc1ccc(CSc2ncc(N)s2)o1. The third-order valence-corrected chi connectivity index (χ3v) is 3.91. The minimum atomic E-state index is 0.756. The third-order valence-electron chi connectivity index (χ3n) is 1.91. The van der Waals surface area contributed by atoms with Crippen molar-refractivity contribution in [3.8, 4) is 0 Å². The van der Waals surface area contributed by atoms with Gasteiger partial charge in [0.05, 0.1) is 11.9 Å². The van der Waals surface area contributed by atoms with Crippen LogP contribution in [0.1, 0.15) is 18.4 Å². The molecule has 0 aliphatic heterocycles. The van der Waals surface area contributed by atoms with Gasteiger partial charge in [0, 0.05) is 6.42 Å². The summed E-state index contributed by atoms with van der Waals surface area (Å²) in [4.78, 5) is 4.17. The molecule has 0 unspecified atom stereocenters. The topological polar surface area (TPSA) is 52.0 Å². The molecular formula is C10H12N2OS2. The Labute approximate surface area is 96.7 Å². The van der Waals surface area contributed by atoms with E-state index in [9.17, 15) is 0 Å².